The summed E-state index contributed by atoms with van der Waals surface area (Å²) in [6, 6.07) is 11.1. The predicted octanol–water partition coefficient (Wildman–Crippen LogP) is 7.14. The fourth-order valence-corrected chi connectivity index (χ4v) is 5.52. The third-order valence-corrected chi connectivity index (χ3v) is 7.16. The number of nitrogens with zero attached hydrogens (tertiary/aromatic N) is 2. The molecule has 2 aliphatic rings. The molecule has 6 rings (SSSR count). The van der Waals surface area contributed by atoms with E-state index in [1.165, 1.54) is 18.9 Å². The van der Waals surface area contributed by atoms with Gasteiger partial charge in [0.2, 0.25) is 6.23 Å². The molecule has 7 heteroatoms. The average molecular weight is 476 g/mol. The second-order valence-electron chi connectivity index (χ2n) is 7.21. The van der Waals surface area contributed by atoms with E-state index in [0.717, 1.165) is 31.0 Å². The molecule has 0 amide bonds. The fraction of sp³-hybridized carbons (Fsp3) is 0.190. The second-order valence-corrected chi connectivity index (χ2v) is 9.65. The van der Waals surface area contributed by atoms with Gasteiger partial charge in [-0.3, -0.25) is 4.57 Å². The second kappa shape index (κ2) is 6.05. The fourth-order valence-electron chi connectivity index (χ4n) is 3.84. The third-order valence-electron chi connectivity index (χ3n) is 5.26. The van der Waals surface area contributed by atoms with E-state index in [9.17, 15) is 4.39 Å². The Kier molecular flexibility index (Phi) is 3.68. The number of ether oxygens (including phenoxy) is 1. The molecule has 4 aromatic rings. The molecule has 28 heavy (non-hydrogen) atoms. The minimum Gasteiger partial charge on any atom is -0.464 e. The zero-order valence-corrected chi connectivity index (χ0v) is 17.6. The highest BCUT2D eigenvalue weighted by Gasteiger charge is 2.34. The number of rotatable bonds is 2. The maximum Gasteiger partial charge on any atom is 0.213 e. The zero-order chi connectivity index (χ0) is 19.0. The van der Waals surface area contributed by atoms with Crippen LogP contribution < -0.4 is 4.74 Å². The van der Waals surface area contributed by atoms with Crippen LogP contribution in [-0.4, -0.2) is 9.55 Å². The lowest BCUT2D eigenvalue weighted by atomic mass is 10.1. The molecule has 0 spiro atoms. The number of thiazole rings is 1. The monoisotopic (exact) mass is 474 g/mol. The van der Waals surface area contributed by atoms with Crippen molar-refractivity contribution in [3.05, 3.63) is 67.8 Å². The molecule has 3 nitrogen and oxygen atoms in total. The van der Waals surface area contributed by atoms with Gasteiger partial charge in [0.25, 0.3) is 0 Å². The lowest BCUT2D eigenvalue weighted by Crippen LogP contribution is -2.22. The molecule has 0 N–H and O–H groups in total. The van der Waals surface area contributed by atoms with Crippen molar-refractivity contribution < 1.29 is 9.13 Å². The van der Waals surface area contributed by atoms with Crippen LogP contribution in [0.15, 0.2) is 47.1 Å². The molecule has 1 aliphatic carbocycles. The summed E-state index contributed by atoms with van der Waals surface area (Å²) in [4.78, 5) is 5.62. The van der Waals surface area contributed by atoms with Crippen LogP contribution >= 0.6 is 38.9 Å². The van der Waals surface area contributed by atoms with Gasteiger partial charge in [-0.15, -0.1) is 11.3 Å². The van der Waals surface area contributed by atoms with E-state index in [-0.39, 0.29) is 5.82 Å². The molecule has 2 aromatic carbocycles. The summed E-state index contributed by atoms with van der Waals surface area (Å²) in [5.74, 6) is 0.663. The molecular weight excluding hydrogens is 463 g/mol. The normalized spacial score (nSPS) is 18.0. The minimum absolute atomic E-state index is 0.324. The lowest BCUT2D eigenvalue weighted by Gasteiger charge is -2.29. The zero-order valence-electron chi connectivity index (χ0n) is 14.5. The maximum absolute atomic E-state index is 14.9. The Labute approximate surface area is 177 Å². The minimum atomic E-state index is -0.399. The Morgan fingerprint density at radius 3 is 2.89 bits per heavy atom. The van der Waals surface area contributed by atoms with Gasteiger partial charge in [-0.25, -0.2) is 9.37 Å². The molecule has 1 unspecified atom stereocenters. The van der Waals surface area contributed by atoms with Crippen molar-refractivity contribution in [1.82, 2.24) is 9.55 Å². The van der Waals surface area contributed by atoms with Crippen molar-refractivity contribution in [2.24, 2.45) is 0 Å². The van der Waals surface area contributed by atoms with Gasteiger partial charge in [0, 0.05) is 27.0 Å². The molecular formula is C21H13BrClFN2OS. The van der Waals surface area contributed by atoms with E-state index in [4.69, 9.17) is 16.3 Å². The number of hydrogen-bond donors (Lipinski definition) is 0. The van der Waals surface area contributed by atoms with Gasteiger partial charge >= 0.3 is 0 Å². The summed E-state index contributed by atoms with van der Waals surface area (Å²) in [6.45, 7) is 0. The SMILES string of the molecule is Fc1cc(Cl)cc2c1-c1cc3cc(Br)ccc3n1C(c1cnc(C3CC3)s1)O2. The van der Waals surface area contributed by atoms with Crippen LogP contribution in [0.1, 0.15) is 34.9 Å². The van der Waals surface area contributed by atoms with Crippen LogP contribution in [0.2, 0.25) is 5.02 Å². The summed E-state index contributed by atoms with van der Waals surface area (Å²) in [6.07, 6.45) is 3.90. The maximum atomic E-state index is 14.9. The summed E-state index contributed by atoms with van der Waals surface area (Å²) < 4.78 is 24.2. The van der Waals surface area contributed by atoms with Crippen LogP contribution in [0.3, 0.4) is 0 Å². The Morgan fingerprint density at radius 1 is 1.21 bits per heavy atom. The van der Waals surface area contributed by atoms with Gasteiger partial charge in [0.05, 0.1) is 26.7 Å². The van der Waals surface area contributed by atoms with Crippen molar-refractivity contribution in [3.8, 4) is 17.0 Å². The number of hydrogen-bond acceptors (Lipinski definition) is 3. The van der Waals surface area contributed by atoms with Crippen LogP contribution in [-0.2, 0) is 0 Å². The van der Waals surface area contributed by atoms with Gasteiger partial charge in [-0.2, -0.15) is 0 Å². The first kappa shape index (κ1) is 17.0. The van der Waals surface area contributed by atoms with E-state index in [1.54, 1.807) is 17.4 Å². The Bertz CT molecular complexity index is 1260. The number of halogens is 3. The molecule has 1 fully saturated rings. The standard InChI is InChI=1S/C21H13BrClFN2OS/c22-12-3-4-15-11(5-12)6-16-19-14(24)7-13(23)8-17(19)27-21(26(15)16)18-9-25-20(28-18)10-1-2-10/h3-10,21H,1-2H2. The Morgan fingerprint density at radius 2 is 2.07 bits per heavy atom. The summed E-state index contributed by atoms with van der Waals surface area (Å²) in [7, 11) is 0. The van der Waals surface area contributed by atoms with E-state index < -0.39 is 6.23 Å². The smallest absolute Gasteiger partial charge is 0.213 e. The Balaban J connectivity index is 1.62. The van der Waals surface area contributed by atoms with E-state index in [1.807, 2.05) is 30.5 Å². The Hall–Kier alpha value is -1.89. The first-order valence-electron chi connectivity index (χ1n) is 9.00. The molecule has 0 bridgehead atoms. The molecule has 1 atom stereocenters. The number of benzene rings is 2. The van der Waals surface area contributed by atoms with Gasteiger partial charge < -0.3 is 4.74 Å². The topological polar surface area (TPSA) is 27.1 Å². The van der Waals surface area contributed by atoms with Crippen LogP contribution in [0.5, 0.6) is 5.75 Å². The molecule has 1 saturated carbocycles. The first-order valence-corrected chi connectivity index (χ1v) is 11.0. The van der Waals surface area contributed by atoms with Crippen LogP contribution in [0, 0.1) is 5.82 Å². The third kappa shape index (κ3) is 2.55. The highest BCUT2D eigenvalue weighted by molar-refractivity contribution is 9.10. The van der Waals surface area contributed by atoms with Gasteiger partial charge in [0.1, 0.15) is 11.6 Å². The lowest BCUT2D eigenvalue weighted by molar-refractivity contribution is 0.176. The van der Waals surface area contributed by atoms with E-state index in [0.29, 0.717) is 22.3 Å². The van der Waals surface area contributed by atoms with E-state index in [2.05, 4.69) is 25.5 Å². The van der Waals surface area contributed by atoms with Crippen molar-refractivity contribution in [1.29, 1.82) is 0 Å². The molecule has 2 aromatic heterocycles. The number of aromatic nitrogens is 2. The number of fused-ring (bicyclic) bond motifs is 5. The summed E-state index contributed by atoms with van der Waals surface area (Å²) in [5.41, 5.74) is 2.22. The molecule has 0 saturated heterocycles. The predicted molar refractivity (Wildman–Crippen MR) is 113 cm³/mol. The molecule has 3 heterocycles. The highest BCUT2D eigenvalue weighted by Crippen LogP contribution is 2.49. The van der Waals surface area contributed by atoms with Crippen molar-refractivity contribution in [2.75, 3.05) is 0 Å². The molecule has 0 radical (unpaired) electrons. The molecule has 140 valence electrons. The quantitative estimate of drug-likeness (QED) is 0.308. The molecule has 1 aliphatic heterocycles. The van der Waals surface area contributed by atoms with Gasteiger partial charge in [0.15, 0.2) is 0 Å². The van der Waals surface area contributed by atoms with Crippen molar-refractivity contribution in [3.63, 3.8) is 0 Å². The van der Waals surface area contributed by atoms with Crippen LogP contribution in [0.25, 0.3) is 22.2 Å². The van der Waals surface area contributed by atoms with Gasteiger partial charge in [-0.1, -0.05) is 27.5 Å². The van der Waals surface area contributed by atoms with E-state index >= 15 is 0 Å². The highest BCUT2D eigenvalue weighted by atomic mass is 79.9. The summed E-state index contributed by atoms with van der Waals surface area (Å²) >= 11 is 11.3. The largest absolute Gasteiger partial charge is 0.464 e. The van der Waals surface area contributed by atoms with Crippen molar-refractivity contribution in [2.45, 2.75) is 25.0 Å². The summed E-state index contributed by atoms with van der Waals surface area (Å²) in [5, 5.41) is 2.50. The average Bonchev–Trinajstić information content (AvgIpc) is 3.26. The first-order chi connectivity index (χ1) is 13.6. The van der Waals surface area contributed by atoms with Gasteiger partial charge in [-0.05, 0) is 49.2 Å². The van der Waals surface area contributed by atoms with Crippen LogP contribution in [0.4, 0.5) is 4.39 Å². The van der Waals surface area contributed by atoms with Crippen molar-refractivity contribution >= 4 is 49.8 Å².